The molecule has 0 spiro atoms. The van der Waals surface area contributed by atoms with Crippen LogP contribution in [0.3, 0.4) is 0 Å². The van der Waals surface area contributed by atoms with E-state index in [2.05, 4.69) is 5.32 Å². The summed E-state index contributed by atoms with van der Waals surface area (Å²) in [6.07, 6.45) is 1.86. The number of rotatable bonds is 3. The first-order valence-electron chi connectivity index (χ1n) is 6.90. The molecule has 2 aliphatic rings. The molecule has 20 heavy (non-hydrogen) atoms. The minimum Gasteiger partial charge on any atom is -0.462 e. The fraction of sp³-hybridized carbons (Fsp3) is 0.467. The molecule has 3 rings (SSSR count). The quantitative estimate of drug-likeness (QED) is 0.857. The SMILES string of the molecule is O=C(N[C@H]1CCC2C[C@H]1C(=O)O2)OCc1ccccc1. The number of alkyl carbamates (subject to hydrolysis) is 1. The van der Waals surface area contributed by atoms with E-state index in [4.69, 9.17) is 9.47 Å². The summed E-state index contributed by atoms with van der Waals surface area (Å²) < 4.78 is 10.4. The van der Waals surface area contributed by atoms with Crippen molar-refractivity contribution < 1.29 is 19.1 Å². The van der Waals surface area contributed by atoms with Gasteiger partial charge < -0.3 is 14.8 Å². The summed E-state index contributed by atoms with van der Waals surface area (Å²) >= 11 is 0. The summed E-state index contributed by atoms with van der Waals surface area (Å²) in [4.78, 5) is 23.4. The van der Waals surface area contributed by atoms with E-state index in [9.17, 15) is 9.59 Å². The lowest BCUT2D eigenvalue weighted by molar-refractivity contribution is -0.143. The number of carbonyl (C=O) groups is 2. The van der Waals surface area contributed by atoms with Crippen LogP contribution in [0.4, 0.5) is 4.79 Å². The van der Waals surface area contributed by atoms with Crippen molar-refractivity contribution in [2.45, 2.75) is 38.0 Å². The Bertz CT molecular complexity index is 502. The first-order valence-corrected chi connectivity index (χ1v) is 6.90. The van der Waals surface area contributed by atoms with Gasteiger partial charge in [0.2, 0.25) is 0 Å². The molecule has 2 fully saturated rings. The van der Waals surface area contributed by atoms with E-state index in [1.807, 2.05) is 30.3 Å². The highest BCUT2D eigenvalue weighted by molar-refractivity contribution is 5.77. The lowest BCUT2D eigenvalue weighted by atomic mass is 9.85. The maximum atomic E-state index is 11.8. The monoisotopic (exact) mass is 275 g/mol. The van der Waals surface area contributed by atoms with E-state index in [1.165, 1.54) is 0 Å². The fourth-order valence-corrected chi connectivity index (χ4v) is 2.84. The molecule has 5 heteroatoms. The van der Waals surface area contributed by atoms with Gasteiger partial charge in [0.05, 0.1) is 5.92 Å². The molecule has 1 aromatic carbocycles. The van der Waals surface area contributed by atoms with Crippen LogP contribution in [0.1, 0.15) is 24.8 Å². The first-order chi connectivity index (χ1) is 9.72. The second kappa shape index (κ2) is 5.53. The lowest BCUT2D eigenvalue weighted by Gasteiger charge is -2.25. The predicted molar refractivity (Wildman–Crippen MR) is 70.8 cm³/mol. The summed E-state index contributed by atoms with van der Waals surface area (Å²) in [5.41, 5.74) is 0.937. The average Bonchev–Trinajstić information content (AvgIpc) is 2.77. The molecule has 106 valence electrons. The van der Waals surface area contributed by atoms with E-state index in [0.717, 1.165) is 18.4 Å². The van der Waals surface area contributed by atoms with Crippen LogP contribution in [-0.4, -0.2) is 24.2 Å². The predicted octanol–water partition coefficient (Wildman–Crippen LogP) is 2.01. The van der Waals surface area contributed by atoms with Crippen molar-refractivity contribution in [1.82, 2.24) is 5.32 Å². The molecule has 1 saturated heterocycles. The van der Waals surface area contributed by atoms with Crippen molar-refractivity contribution in [3.05, 3.63) is 35.9 Å². The summed E-state index contributed by atoms with van der Waals surface area (Å²) in [5, 5.41) is 2.79. The Labute approximate surface area is 117 Å². The van der Waals surface area contributed by atoms with Gasteiger partial charge in [-0.25, -0.2) is 4.79 Å². The molecule has 1 amide bonds. The maximum absolute atomic E-state index is 11.8. The van der Waals surface area contributed by atoms with Gasteiger partial charge in [0.25, 0.3) is 0 Å². The summed E-state index contributed by atoms with van der Waals surface area (Å²) in [7, 11) is 0. The van der Waals surface area contributed by atoms with Crippen LogP contribution in [-0.2, 0) is 20.9 Å². The van der Waals surface area contributed by atoms with Gasteiger partial charge in [-0.15, -0.1) is 0 Å². The first kappa shape index (κ1) is 13.0. The zero-order valence-electron chi connectivity index (χ0n) is 11.1. The highest BCUT2D eigenvalue weighted by Gasteiger charge is 2.44. The van der Waals surface area contributed by atoms with Crippen LogP contribution < -0.4 is 5.32 Å². The van der Waals surface area contributed by atoms with E-state index < -0.39 is 6.09 Å². The number of fused-ring (bicyclic) bond motifs is 2. The number of hydrogen-bond donors (Lipinski definition) is 1. The largest absolute Gasteiger partial charge is 0.462 e. The van der Waals surface area contributed by atoms with Crippen molar-refractivity contribution >= 4 is 12.1 Å². The van der Waals surface area contributed by atoms with Crippen LogP contribution in [0.5, 0.6) is 0 Å². The van der Waals surface area contributed by atoms with Crippen molar-refractivity contribution in [3.63, 3.8) is 0 Å². The van der Waals surface area contributed by atoms with Crippen LogP contribution in [0, 0.1) is 5.92 Å². The minimum atomic E-state index is -0.475. The van der Waals surface area contributed by atoms with Crippen LogP contribution in [0.2, 0.25) is 0 Å². The van der Waals surface area contributed by atoms with Gasteiger partial charge in [-0.2, -0.15) is 0 Å². The normalized spacial score (nSPS) is 27.8. The molecular formula is C15H17NO4. The third-order valence-electron chi connectivity index (χ3n) is 3.90. The van der Waals surface area contributed by atoms with Crippen molar-refractivity contribution in [2.75, 3.05) is 0 Å². The summed E-state index contributed by atoms with van der Waals surface area (Å²) in [6.45, 7) is 0.233. The Morgan fingerprint density at radius 3 is 2.90 bits per heavy atom. The molecule has 0 aromatic heterocycles. The number of amides is 1. The number of hydrogen-bond acceptors (Lipinski definition) is 4. The van der Waals surface area contributed by atoms with Gasteiger partial charge in [-0.05, 0) is 24.8 Å². The number of nitrogens with one attached hydrogen (secondary N) is 1. The topological polar surface area (TPSA) is 64.6 Å². The zero-order chi connectivity index (χ0) is 13.9. The van der Waals surface area contributed by atoms with Gasteiger partial charge in [0.15, 0.2) is 0 Å². The number of benzene rings is 1. The minimum absolute atomic E-state index is 0.0471. The molecule has 1 aliphatic carbocycles. The summed E-state index contributed by atoms with van der Waals surface area (Å²) in [5.74, 6) is -0.404. The maximum Gasteiger partial charge on any atom is 0.407 e. The Balaban J connectivity index is 1.50. The lowest BCUT2D eigenvalue weighted by Crippen LogP contribution is -2.43. The molecule has 1 unspecified atom stereocenters. The Kier molecular flexibility index (Phi) is 3.58. The van der Waals surface area contributed by atoms with Crippen molar-refractivity contribution in [2.24, 2.45) is 5.92 Å². The van der Waals surface area contributed by atoms with E-state index in [-0.39, 0.29) is 30.6 Å². The fourth-order valence-electron chi connectivity index (χ4n) is 2.84. The Morgan fingerprint density at radius 2 is 2.10 bits per heavy atom. The Hall–Kier alpha value is -2.04. The van der Waals surface area contributed by atoms with Crippen molar-refractivity contribution in [1.29, 1.82) is 0 Å². The molecule has 1 aromatic rings. The molecule has 0 radical (unpaired) electrons. The zero-order valence-corrected chi connectivity index (χ0v) is 11.1. The number of ether oxygens (including phenoxy) is 2. The molecule has 1 heterocycles. The van der Waals surface area contributed by atoms with E-state index in [1.54, 1.807) is 0 Å². The van der Waals surface area contributed by atoms with Crippen molar-refractivity contribution in [3.8, 4) is 0 Å². The van der Waals surface area contributed by atoms with E-state index >= 15 is 0 Å². The smallest absolute Gasteiger partial charge is 0.407 e. The van der Waals surface area contributed by atoms with Crippen LogP contribution in [0.25, 0.3) is 0 Å². The number of esters is 1. The standard InChI is InChI=1S/C15H17NO4/c17-14-12-8-11(20-14)6-7-13(12)16-15(18)19-9-10-4-2-1-3-5-10/h1-5,11-13H,6-9H2,(H,16,18)/t11?,12-,13+/m1/s1. The Morgan fingerprint density at radius 1 is 1.30 bits per heavy atom. The third-order valence-corrected chi connectivity index (χ3v) is 3.90. The molecule has 5 nitrogen and oxygen atoms in total. The highest BCUT2D eigenvalue weighted by Crippen LogP contribution is 2.34. The average molecular weight is 275 g/mol. The van der Waals surface area contributed by atoms with Gasteiger partial charge >= 0.3 is 12.1 Å². The second-order valence-electron chi connectivity index (χ2n) is 5.29. The number of carbonyl (C=O) groups excluding carboxylic acids is 2. The summed E-state index contributed by atoms with van der Waals surface area (Å²) in [6, 6.07) is 9.33. The molecule has 1 aliphatic heterocycles. The van der Waals surface area contributed by atoms with Gasteiger partial charge in [0.1, 0.15) is 12.7 Å². The molecule has 2 bridgehead atoms. The molecule has 1 N–H and O–H groups in total. The molecule has 1 saturated carbocycles. The molecular weight excluding hydrogens is 258 g/mol. The second-order valence-corrected chi connectivity index (χ2v) is 5.29. The van der Waals surface area contributed by atoms with Crippen LogP contribution in [0.15, 0.2) is 30.3 Å². The van der Waals surface area contributed by atoms with Gasteiger partial charge in [-0.1, -0.05) is 30.3 Å². The van der Waals surface area contributed by atoms with Gasteiger partial charge in [-0.3, -0.25) is 4.79 Å². The van der Waals surface area contributed by atoms with E-state index in [0.29, 0.717) is 6.42 Å². The van der Waals surface area contributed by atoms with Gasteiger partial charge in [0, 0.05) is 6.04 Å². The molecule has 3 atom stereocenters. The highest BCUT2D eigenvalue weighted by atomic mass is 16.6. The van der Waals surface area contributed by atoms with Crippen LogP contribution >= 0.6 is 0 Å². The third kappa shape index (κ3) is 2.76.